The maximum atomic E-state index is 12.1. The first-order chi connectivity index (χ1) is 10.7. The van der Waals surface area contributed by atoms with Crippen LogP contribution in [0.5, 0.6) is 0 Å². The van der Waals surface area contributed by atoms with Crippen LogP contribution in [0.25, 0.3) is 0 Å². The van der Waals surface area contributed by atoms with Gasteiger partial charge in [-0.2, -0.15) is 4.31 Å². The van der Waals surface area contributed by atoms with Gasteiger partial charge in [0.1, 0.15) is 0 Å². The van der Waals surface area contributed by atoms with Gasteiger partial charge >= 0.3 is 0 Å². The molecule has 2 fully saturated rings. The van der Waals surface area contributed by atoms with Crippen LogP contribution in [0.1, 0.15) is 39.5 Å². The molecule has 7 nitrogen and oxygen atoms in total. The number of nitrogens with zero attached hydrogens (tertiary/aromatic N) is 2. The van der Waals surface area contributed by atoms with Crippen molar-refractivity contribution in [3.8, 4) is 0 Å². The number of piperidine rings is 1. The Labute approximate surface area is 139 Å². The van der Waals surface area contributed by atoms with Crippen molar-refractivity contribution in [2.45, 2.75) is 51.2 Å². The standard InChI is InChI=1S/C15H29N3O4S/c1-3-10-23(21,22)18-9-6-15(20,12-18)11-17-7-4-14(5-8-17)16-13(2)19/h14,20H,3-12H2,1-2H3,(H,16,19). The van der Waals surface area contributed by atoms with Gasteiger partial charge in [0.2, 0.25) is 15.9 Å². The highest BCUT2D eigenvalue weighted by Gasteiger charge is 2.42. The van der Waals surface area contributed by atoms with E-state index in [4.69, 9.17) is 0 Å². The third-order valence-corrected chi connectivity index (χ3v) is 6.69. The smallest absolute Gasteiger partial charge is 0.217 e. The van der Waals surface area contributed by atoms with Crippen LogP contribution in [-0.2, 0) is 14.8 Å². The molecule has 2 saturated heterocycles. The molecule has 2 heterocycles. The molecule has 2 rings (SSSR count). The summed E-state index contributed by atoms with van der Waals surface area (Å²) in [6.45, 7) is 6.10. The molecule has 134 valence electrons. The van der Waals surface area contributed by atoms with Gasteiger partial charge in [-0.05, 0) is 25.7 Å². The van der Waals surface area contributed by atoms with E-state index in [0.717, 1.165) is 25.9 Å². The minimum Gasteiger partial charge on any atom is -0.387 e. The summed E-state index contributed by atoms with van der Waals surface area (Å²) in [6, 6.07) is 0.211. The van der Waals surface area contributed by atoms with Crippen LogP contribution >= 0.6 is 0 Å². The Kier molecular flexibility index (Phi) is 6.05. The first-order valence-electron chi connectivity index (χ1n) is 8.44. The monoisotopic (exact) mass is 347 g/mol. The molecule has 23 heavy (non-hydrogen) atoms. The lowest BCUT2D eigenvalue weighted by Gasteiger charge is -2.36. The van der Waals surface area contributed by atoms with E-state index in [1.165, 1.54) is 11.2 Å². The Hall–Kier alpha value is -0.700. The highest BCUT2D eigenvalue weighted by Crippen LogP contribution is 2.26. The normalized spacial score (nSPS) is 28.1. The molecule has 0 aromatic carbocycles. The van der Waals surface area contributed by atoms with Gasteiger partial charge < -0.3 is 15.3 Å². The van der Waals surface area contributed by atoms with E-state index in [0.29, 0.717) is 25.9 Å². The van der Waals surface area contributed by atoms with Crippen LogP contribution < -0.4 is 5.32 Å². The third kappa shape index (κ3) is 5.14. The predicted molar refractivity (Wildman–Crippen MR) is 88.5 cm³/mol. The van der Waals surface area contributed by atoms with Crippen LogP contribution in [0.2, 0.25) is 0 Å². The van der Waals surface area contributed by atoms with E-state index in [1.54, 1.807) is 0 Å². The van der Waals surface area contributed by atoms with Crippen molar-refractivity contribution in [1.29, 1.82) is 0 Å². The number of likely N-dealkylation sites (tertiary alicyclic amines) is 1. The molecule has 2 aliphatic heterocycles. The van der Waals surface area contributed by atoms with Gasteiger partial charge in [-0.15, -0.1) is 0 Å². The zero-order valence-electron chi connectivity index (χ0n) is 14.1. The number of amides is 1. The van der Waals surface area contributed by atoms with E-state index in [1.807, 2.05) is 6.92 Å². The molecular formula is C15H29N3O4S. The number of aliphatic hydroxyl groups is 1. The van der Waals surface area contributed by atoms with E-state index < -0.39 is 15.6 Å². The molecule has 0 radical (unpaired) electrons. The molecule has 1 unspecified atom stereocenters. The van der Waals surface area contributed by atoms with Gasteiger partial charge in [0.25, 0.3) is 0 Å². The molecule has 0 aliphatic carbocycles. The number of carbonyl (C=O) groups excluding carboxylic acids is 1. The van der Waals surface area contributed by atoms with Crippen molar-refractivity contribution in [3.63, 3.8) is 0 Å². The van der Waals surface area contributed by atoms with E-state index >= 15 is 0 Å². The summed E-state index contributed by atoms with van der Waals surface area (Å²) in [5, 5.41) is 13.7. The summed E-state index contributed by atoms with van der Waals surface area (Å²) in [5.74, 6) is 0.139. The molecule has 0 aromatic rings. The topological polar surface area (TPSA) is 89.9 Å². The fourth-order valence-corrected chi connectivity index (χ4v) is 5.09. The highest BCUT2D eigenvalue weighted by molar-refractivity contribution is 7.89. The van der Waals surface area contributed by atoms with Crippen LogP contribution in [0, 0.1) is 0 Å². The molecule has 2 aliphatic rings. The Morgan fingerprint density at radius 1 is 1.30 bits per heavy atom. The number of rotatable bonds is 6. The highest BCUT2D eigenvalue weighted by atomic mass is 32.2. The Balaban J connectivity index is 1.83. The van der Waals surface area contributed by atoms with Crippen LogP contribution in [0.3, 0.4) is 0 Å². The molecule has 1 amide bonds. The average Bonchev–Trinajstić information content (AvgIpc) is 2.84. The van der Waals surface area contributed by atoms with E-state index in [2.05, 4.69) is 10.2 Å². The van der Waals surface area contributed by atoms with Crippen molar-refractivity contribution < 1.29 is 18.3 Å². The lowest BCUT2D eigenvalue weighted by Crippen LogP contribution is -2.50. The number of sulfonamides is 1. The zero-order valence-corrected chi connectivity index (χ0v) is 14.9. The summed E-state index contributed by atoms with van der Waals surface area (Å²) >= 11 is 0. The summed E-state index contributed by atoms with van der Waals surface area (Å²) < 4.78 is 25.7. The summed E-state index contributed by atoms with van der Waals surface area (Å²) in [6.07, 6.45) is 2.82. The third-order valence-electron chi connectivity index (χ3n) is 4.67. The Morgan fingerprint density at radius 3 is 2.52 bits per heavy atom. The number of nitrogens with one attached hydrogen (secondary N) is 1. The fraction of sp³-hybridized carbons (Fsp3) is 0.933. The van der Waals surface area contributed by atoms with Crippen LogP contribution in [-0.4, -0.2) is 78.8 Å². The second-order valence-corrected chi connectivity index (χ2v) is 8.96. The second kappa shape index (κ2) is 7.46. The van der Waals surface area contributed by atoms with Gasteiger partial charge in [-0.25, -0.2) is 8.42 Å². The van der Waals surface area contributed by atoms with Gasteiger partial charge in [0.15, 0.2) is 0 Å². The predicted octanol–water partition coefficient (Wildman–Crippen LogP) is -0.236. The van der Waals surface area contributed by atoms with Crippen molar-refractivity contribution >= 4 is 15.9 Å². The summed E-state index contributed by atoms with van der Waals surface area (Å²) in [5.41, 5.74) is -0.957. The SMILES string of the molecule is CCCS(=O)(=O)N1CCC(O)(CN2CCC(NC(C)=O)CC2)C1. The van der Waals surface area contributed by atoms with Gasteiger partial charge in [-0.3, -0.25) is 4.79 Å². The maximum absolute atomic E-state index is 12.1. The number of hydrogen-bond acceptors (Lipinski definition) is 5. The molecule has 0 saturated carbocycles. The first-order valence-corrected chi connectivity index (χ1v) is 10.0. The molecule has 0 aromatic heterocycles. The van der Waals surface area contributed by atoms with Gasteiger partial charge in [0.05, 0.1) is 11.4 Å². The van der Waals surface area contributed by atoms with E-state index in [9.17, 15) is 18.3 Å². The average molecular weight is 347 g/mol. The van der Waals surface area contributed by atoms with Gasteiger partial charge in [0, 0.05) is 45.7 Å². The second-order valence-electron chi connectivity index (χ2n) is 6.87. The minimum atomic E-state index is -3.24. The molecule has 0 spiro atoms. The van der Waals surface area contributed by atoms with Crippen LogP contribution in [0.15, 0.2) is 0 Å². The summed E-state index contributed by atoms with van der Waals surface area (Å²) in [4.78, 5) is 13.3. The van der Waals surface area contributed by atoms with Crippen molar-refractivity contribution in [2.24, 2.45) is 0 Å². The number of carbonyl (C=O) groups is 1. The van der Waals surface area contributed by atoms with Crippen molar-refractivity contribution in [3.05, 3.63) is 0 Å². The number of hydrogen-bond donors (Lipinski definition) is 2. The van der Waals surface area contributed by atoms with Crippen LogP contribution in [0.4, 0.5) is 0 Å². The minimum absolute atomic E-state index is 0.00496. The lowest BCUT2D eigenvalue weighted by atomic mass is 9.99. The molecule has 0 bridgehead atoms. The Bertz CT molecular complexity index is 517. The van der Waals surface area contributed by atoms with E-state index in [-0.39, 0.29) is 24.2 Å². The lowest BCUT2D eigenvalue weighted by molar-refractivity contribution is -0.120. The maximum Gasteiger partial charge on any atom is 0.217 e. The Morgan fingerprint density at radius 2 is 1.96 bits per heavy atom. The number of β-amino-alcohol motifs (C(OH)–C–C–N with tert-alkyl or cyclic N) is 1. The van der Waals surface area contributed by atoms with Gasteiger partial charge in [-0.1, -0.05) is 6.92 Å². The quantitative estimate of drug-likeness (QED) is 0.692. The fourth-order valence-electron chi connectivity index (χ4n) is 3.51. The molecular weight excluding hydrogens is 318 g/mol. The molecule has 8 heteroatoms. The first kappa shape index (κ1) is 18.6. The molecule has 2 N–H and O–H groups in total. The van der Waals surface area contributed by atoms with Crippen molar-refractivity contribution in [1.82, 2.24) is 14.5 Å². The zero-order chi connectivity index (χ0) is 17.1. The molecule has 1 atom stereocenters. The van der Waals surface area contributed by atoms with Crippen molar-refractivity contribution in [2.75, 3.05) is 38.5 Å². The summed E-state index contributed by atoms with van der Waals surface area (Å²) in [7, 11) is -3.24. The largest absolute Gasteiger partial charge is 0.387 e.